The number of aryl methyl sites for hydroxylation is 1. The van der Waals surface area contributed by atoms with Gasteiger partial charge in [0, 0.05) is 31.4 Å². The van der Waals surface area contributed by atoms with E-state index < -0.39 is 0 Å². The number of nitrogens with zero attached hydrogens (tertiary/aromatic N) is 2. The second-order valence-corrected chi connectivity index (χ2v) is 6.02. The zero-order valence-corrected chi connectivity index (χ0v) is 14.0. The maximum absolute atomic E-state index is 12.2. The summed E-state index contributed by atoms with van der Waals surface area (Å²) in [7, 11) is 0. The zero-order valence-electron chi connectivity index (χ0n) is 14.0. The Labute approximate surface area is 142 Å². The number of rotatable bonds is 5. The minimum absolute atomic E-state index is 0.0237. The SMILES string of the molecule is Cc1ccc(CC(=O)NCc2cccnc2N2CCOCC2)cc1. The van der Waals surface area contributed by atoms with E-state index in [1.165, 1.54) is 5.56 Å². The molecule has 1 amide bonds. The Morgan fingerprint density at radius 1 is 1.21 bits per heavy atom. The molecule has 0 aliphatic carbocycles. The molecule has 1 saturated heterocycles. The molecular formula is C19H23N3O2. The number of anilines is 1. The maximum Gasteiger partial charge on any atom is 0.224 e. The van der Waals surface area contributed by atoms with Crippen molar-refractivity contribution in [1.29, 1.82) is 0 Å². The molecule has 5 nitrogen and oxygen atoms in total. The van der Waals surface area contributed by atoms with Crippen LogP contribution in [0.1, 0.15) is 16.7 Å². The van der Waals surface area contributed by atoms with Gasteiger partial charge < -0.3 is 15.0 Å². The third-order valence-corrected chi connectivity index (χ3v) is 4.14. The Hall–Kier alpha value is -2.40. The normalized spacial score (nSPS) is 14.5. The predicted molar refractivity (Wildman–Crippen MR) is 94.0 cm³/mol. The molecule has 0 radical (unpaired) electrons. The molecule has 0 atom stereocenters. The fourth-order valence-corrected chi connectivity index (χ4v) is 2.78. The standard InChI is InChI=1S/C19H23N3O2/c1-15-4-6-16(7-5-15)13-18(23)21-14-17-3-2-8-20-19(17)22-9-11-24-12-10-22/h2-8H,9-14H2,1H3,(H,21,23). The van der Waals surface area contributed by atoms with Crippen LogP contribution in [0.3, 0.4) is 0 Å². The summed E-state index contributed by atoms with van der Waals surface area (Å²) in [5, 5.41) is 3.00. The lowest BCUT2D eigenvalue weighted by Crippen LogP contribution is -2.38. The molecule has 1 aromatic carbocycles. The molecule has 1 aliphatic rings. The number of morpholine rings is 1. The molecule has 0 unspecified atom stereocenters. The Bertz CT molecular complexity index is 679. The van der Waals surface area contributed by atoms with Crippen molar-refractivity contribution in [2.24, 2.45) is 0 Å². The largest absolute Gasteiger partial charge is 0.378 e. The molecular weight excluding hydrogens is 302 g/mol. The fraction of sp³-hybridized carbons (Fsp3) is 0.368. The highest BCUT2D eigenvalue weighted by molar-refractivity contribution is 5.78. The van der Waals surface area contributed by atoms with Crippen molar-refractivity contribution in [3.05, 3.63) is 59.3 Å². The number of pyridine rings is 1. The summed E-state index contributed by atoms with van der Waals surface area (Å²) in [4.78, 5) is 18.9. The third-order valence-electron chi connectivity index (χ3n) is 4.14. The average Bonchev–Trinajstić information content (AvgIpc) is 2.63. The highest BCUT2D eigenvalue weighted by atomic mass is 16.5. The van der Waals surface area contributed by atoms with Gasteiger partial charge >= 0.3 is 0 Å². The number of amides is 1. The van der Waals surface area contributed by atoms with E-state index in [1.54, 1.807) is 6.20 Å². The molecule has 24 heavy (non-hydrogen) atoms. The van der Waals surface area contributed by atoms with Gasteiger partial charge in [-0.3, -0.25) is 4.79 Å². The van der Waals surface area contributed by atoms with Gasteiger partial charge in [-0.25, -0.2) is 4.98 Å². The Balaban J connectivity index is 1.59. The first-order valence-electron chi connectivity index (χ1n) is 8.31. The lowest BCUT2D eigenvalue weighted by Gasteiger charge is -2.29. The smallest absolute Gasteiger partial charge is 0.224 e. The van der Waals surface area contributed by atoms with E-state index in [4.69, 9.17) is 4.74 Å². The summed E-state index contributed by atoms with van der Waals surface area (Å²) >= 11 is 0. The minimum Gasteiger partial charge on any atom is -0.378 e. The van der Waals surface area contributed by atoms with Gasteiger partial charge in [0.15, 0.2) is 0 Å². The summed E-state index contributed by atoms with van der Waals surface area (Å²) in [5.41, 5.74) is 3.26. The van der Waals surface area contributed by atoms with Gasteiger partial charge in [0.25, 0.3) is 0 Å². The number of ether oxygens (including phenoxy) is 1. The molecule has 3 rings (SSSR count). The Morgan fingerprint density at radius 3 is 2.71 bits per heavy atom. The lowest BCUT2D eigenvalue weighted by atomic mass is 10.1. The van der Waals surface area contributed by atoms with E-state index >= 15 is 0 Å². The Kier molecular flexibility index (Phi) is 5.43. The van der Waals surface area contributed by atoms with Crippen molar-refractivity contribution in [1.82, 2.24) is 10.3 Å². The molecule has 0 bridgehead atoms. The second kappa shape index (κ2) is 7.93. The first-order valence-corrected chi connectivity index (χ1v) is 8.31. The summed E-state index contributed by atoms with van der Waals surface area (Å²) in [6, 6.07) is 12.0. The first-order chi connectivity index (χ1) is 11.7. The van der Waals surface area contributed by atoms with Crippen LogP contribution >= 0.6 is 0 Å². The predicted octanol–water partition coefficient (Wildman–Crippen LogP) is 2.09. The van der Waals surface area contributed by atoms with Crippen molar-refractivity contribution < 1.29 is 9.53 Å². The molecule has 2 heterocycles. The van der Waals surface area contributed by atoms with Crippen LogP contribution in [0.4, 0.5) is 5.82 Å². The van der Waals surface area contributed by atoms with Crippen molar-refractivity contribution in [3.63, 3.8) is 0 Å². The first kappa shape index (κ1) is 16.5. The monoisotopic (exact) mass is 325 g/mol. The second-order valence-electron chi connectivity index (χ2n) is 6.02. The molecule has 0 spiro atoms. The van der Waals surface area contributed by atoms with Crippen molar-refractivity contribution in [3.8, 4) is 0 Å². The topological polar surface area (TPSA) is 54.5 Å². The molecule has 5 heteroatoms. The van der Waals surface area contributed by atoms with Gasteiger partial charge in [-0.05, 0) is 18.6 Å². The van der Waals surface area contributed by atoms with Gasteiger partial charge in [0.05, 0.1) is 19.6 Å². The summed E-state index contributed by atoms with van der Waals surface area (Å²) in [6.45, 7) is 5.64. The fourth-order valence-electron chi connectivity index (χ4n) is 2.78. The number of carbonyl (C=O) groups is 1. The maximum atomic E-state index is 12.2. The van der Waals surface area contributed by atoms with E-state index in [1.807, 2.05) is 43.3 Å². The molecule has 1 fully saturated rings. The number of benzene rings is 1. The van der Waals surface area contributed by atoms with Gasteiger partial charge in [0.2, 0.25) is 5.91 Å². The average molecular weight is 325 g/mol. The van der Waals surface area contributed by atoms with Crippen LogP contribution in [0, 0.1) is 6.92 Å². The summed E-state index contributed by atoms with van der Waals surface area (Å²) in [6.07, 6.45) is 2.19. The van der Waals surface area contributed by atoms with E-state index in [9.17, 15) is 4.79 Å². The number of hydrogen-bond donors (Lipinski definition) is 1. The zero-order chi connectivity index (χ0) is 16.8. The minimum atomic E-state index is 0.0237. The van der Waals surface area contributed by atoms with E-state index in [0.717, 1.165) is 43.2 Å². The van der Waals surface area contributed by atoms with Gasteiger partial charge in [-0.15, -0.1) is 0 Å². The molecule has 126 valence electrons. The summed E-state index contributed by atoms with van der Waals surface area (Å²) < 4.78 is 5.39. The van der Waals surface area contributed by atoms with Gasteiger partial charge in [0.1, 0.15) is 5.82 Å². The number of nitrogens with one attached hydrogen (secondary N) is 1. The molecule has 1 aliphatic heterocycles. The highest BCUT2D eigenvalue weighted by Crippen LogP contribution is 2.18. The van der Waals surface area contributed by atoms with Crippen molar-refractivity contribution in [2.45, 2.75) is 19.9 Å². The highest BCUT2D eigenvalue weighted by Gasteiger charge is 2.16. The van der Waals surface area contributed by atoms with Crippen molar-refractivity contribution in [2.75, 3.05) is 31.2 Å². The molecule has 0 saturated carbocycles. The molecule has 2 aromatic rings. The van der Waals surface area contributed by atoms with Crippen LogP contribution in [0.2, 0.25) is 0 Å². The summed E-state index contributed by atoms with van der Waals surface area (Å²) in [5.74, 6) is 0.965. The Morgan fingerprint density at radius 2 is 1.96 bits per heavy atom. The third kappa shape index (κ3) is 4.32. The van der Waals surface area contributed by atoms with Crippen molar-refractivity contribution >= 4 is 11.7 Å². The van der Waals surface area contributed by atoms with Crippen LogP contribution in [0.5, 0.6) is 0 Å². The van der Waals surface area contributed by atoms with E-state index in [2.05, 4.69) is 15.2 Å². The van der Waals surface area contributed by atoms with Crippen LogP contribution in [0.25, 0.3) is 0 Å². The van der Waals surface area contributed by atoms with Crippen LogP contribution in [0.15, 0.2) is 42.6 Å². The molecule has 1 N–H and O–H groups in total. The number of aromatic nitrogens is 1. The van der Waals surface area contributed by atoms with Gasteiger partial charge in [-0.2, -0.15) is 0 Å². The molecule has 1 aromatic heterocycles. The number of carbonyl (C=O) groups excluding carboxylic acids is 1. The van der Waals surface area contributed by atoms with E-state index in [0.29, 0.717) is 13.0 Å². The van der Waals surface area contributed by atoms with Crippen LogP contribution < -0.4 is 10.2 Å². The lowest BCUT2D eigenvalue weighted by molar-refractivity contribution is -0.120. The quantitative estimate of drug-likeness (QED) is 0.914. The number of hydrogen-bond acceptors (Lipinski definition) is 4. The van der Waals surface area contributed by atoms with Gasteiger partial charge in [-0.1, -0.05) is 35.9 Å². The van der Waals surface area contributed by atoms with E-state index in [-0.39, 0.29) is 5.91 Å². The van der Waals surface area contributed by atoms with Crippen LogP contribution in [-0.2, 0) is 22.5 Å². The van der Waals surface area contributed by atoms with Crippen LogP contribution in [-0.4, -0.2) is 37.2 Å².